The second-order valence-corrected chi connectivity index (χ2v) is 14.6. The molecule has 5 aromatic rings. The zero-order valence-corrected chi connectivity index (χ0v) is 31.9. The van der Waals surface area contributed by atoms with Crippen LogP contribution in [0.15, 0.2) is 133 Å². The average Bonchev–Trinajstić information content (AvgIpc) is 4.08. The highest BCUT2D eigenvalue weighted by Crippen LogP contribution is 2.40. The van der Waals surface area contributed by atoms with Crippen molar-refractivity contribution in [3.05, 3.63) is 145 Å². The first-order valence-electron chi connectivity index (χ1n) is 19.9. The number of nitrogens with zero attached hydrogens (tertiary/aromatic N) is 2. The van der Waals surface area contributed by atoms with E-state index >= 15 is 0 Å². The fraction of sp³-hybridized carbons (Fsp3) is 0.298. The molecule has 288 valence electrons. The second-order valence-electron chi connectivity index (χ2n) is 14.6. The Kier molecular flexibility index (Phi) is 13.3. The number of amides is 2. The predicted octanol–water partition coefficient (Wildman–Crippen LogP) is 7.96. The van der Waals surface area contributed by atoms with Gasteiger partial charge in [0.15, 0.2) is 5.78 Å². The lowest BCUT2D eigenvalue weighted by Crippen LogP contribution is -2.42. The van der Waals surface area contributed by atoms with Crippen LogP contribution >= 0.6 is 0 Å². The van der Waals surface area contributed by atoms with E-state index in [0.717, 1.165) is 72.3 Å². The molecule has 3 N–H and O–H groups in total. The number of anilines is 2. The average molecular weight is 750 g/mol. The maximum absolute atomic E-state index is 14.4. The second kappa shape index (κ2) is 19.3. The quantitative estimate of drug-likeness (QED) is 0.0655. The number of benzene rings is 5. The van der Waals surface area contributed by atoms with Crippen molar-refractivity contribution >= 4 is 29.2 Å². The van der Waals surface area contributed by atoms with Gasteiger partial charge >= 0.3 is 6.09 Å². The number of ketones is 1. The van der Waals surface area contributed by atoms with Crippen molar-refractivity contribution in [1.29, 1.82) is 0 Å². The van der Waals surface area contributed by atoms with Crippen LogP contribution in [-0.4, -0.2) is 81.1 Å². The summed E-state index contributed by atoms with van der Waals surface area (Å²) in [6.45, 7) is 5.46. The van der Waals surface area contributed by atoms with Crippen LogP contribution in [0.5, 0.6) is 0 Å². The topological polar surface area (TPSA) is 103 Å². The SMILES string of the molecule is O=C(CNCCN1CCC(OC(=O)N(c2ccccc2-c2ccccc2)c2ccccc2-c2ccccc2)CC1)c1cccc(C(=O)NCCNCC2CC2)c1. The number of piperidine rings is 1. The summed E-state index contributed by atoms with van der Waals surface area (Å²) in [6, 6.07) is 43.1. The molecule has 2 aliphatic rings. The Balaban J connectivity index is 0.924. The van der Waals surface area contributed by atoms with Crippen LogP contribution in [0.4, 0.5) is 16.2 Å². The van der Waals surface area contributed by atoms with Gasteiger partial charge in [0.05, 0.1) is 17.9 Å². The van der Waals surface area contributed by atoms with Gasteiger partial charge < -0.3 is 25.6 Å². The highest BCUT2D eigenvalue weighted by molar-refractivity contribution is 6.04. The first-order chi connectivity index (χ1) is 27.5. The minimum absolute atomic E-state index is 0.0522. The van der Waals surface area contributed by atoms with Crippen LogP contribution in [-0.2, 0) is 4.74 Å². The van der Waals surface area contributed by atoms with Gasteiger partial charge in [0.2, 0.25) is 0 Å². The Morgan fingerprint density at radius 3 is 1.84 bits per heavy atom. The molecule has 1 aliphatic heterocycles. The molecule has 9 heteroatoms. The first kappa shape index (κ1) is 38.7. The fourth-order valence-electron chi connectivity index (χ4n) is 7.20. The summed E-state index contributed by atoms with van der Waals surface area (Å²) in [5.41, 5.74) is 6.43. The number of nitrogens with one attached hydrogen (secondary N) is 3. The molecule has 1 saturated carbocycles. The zero-order valence-electron chi connectivity index (χ0n) is 31.9. The molecule has 0 radical (unpaired) electrons. The van der Waals surface area contributed by atoms with Crippen molar-refractivity contribution in [2.45, 2.75) is 31.8 Å². The van der Waals surface area contributed by atoms with Gasteiger partial charge in [-0.2, -0.15) is 0 Å². The van der Waals surface area contributed by atoms with E-state index in [0.29, 0.717) is 37.1 Å². The van der Waals surface area contributed by atoms with Crippen LogP contribution in [0.25, 0.3) is 22.3 Å². The smallest absolute Gasteiger partial charge is 0.419 e. The van der Waals surface area contributed by atoms with Gasteiger partial charge in [0.25, 0.3) is 5.91 Å². The highest BCUT2D eigenvalue weighted by Gasteiger charge is 2.29. The molecular formula is C47H51N5O4. The number of Topliss-reactive ketones (excluding diaryl/α,β-unsaturated/α-hetero) is 1. The van der Waals surface area contributed by atoms with Crippen molar-refractivity contribution in [3.8, 4) is 22.3 Å². The molecule has 0 unspecified atom stereocenters. The molecule has 1 aliphatic carbocycles. The van der Waals surface area contributed by atoms with Gasteiger partial charge in [-0.25, -0.2) is 9.69 Å². The normalized spacial score (nSPS) is 14.6. The summed E-state index contributed by atoms with van der Waals surface area (Å²) in [4.78, 5) is 44.1. The molecule has 9 nitrogen and oxygen atoms in total. The van der Waals surface area contributed by atoms with Crippen LogP contribution < -0.4 is 20.9 Å². The molecule has 5 aromatic carbocycles. The van der Waals surface area contributed by atoms with E-state index < -0.39 is 6.09 Å². The molecule has 0 aromatic heterocycles. The molecule has 0 spiro atoms. The standard InChI is InChI=1S/C47H51N5O4/c53-45(38-16-11-17-39(32-38)46(54)50-27-26-48-33-35-22-23-35)34-49-28-31-51-29-24-40(25-30-51)56-47(55)52(43-20-9-7-18-41(43)36-12-3-1-4-13-36)44-21-10-8-19-42(44)37-14-5-2-6-15-37/h1-21,32,35,40,48-49H,22-31,33-34H2,(H,50,54). The van der Waals surface area contributed by atoms with E-state index in [4.69, 9.17) is 4.74 Å². The maximum atomic E-state index is 14.4. The lowest BCUT2D eigenvalue weighted by atomic mass is 10.00. The minimum Gasteiger partial charge on any atom is -0.445 e. The van der Waals surface area contributed by atoms with Crippen LogP contribution in [0.3, 0.4) is 0 Å². The lowest BCUT2D eigenvalue weighted by Gasteiger charge is -2.34. The van der Waals surface area contributed by atoms with Crippen LogP contribution in [0.2, 0.25) is 0 Å². The third-order valence-corrected chi connectivity index (χ3v) is 10.5. The summed E-state index contributed by atoms with van der Waals surface area (Å²) in [5, 5.41) is 9.59. The number of rotatable bonds is 17. The van der Waals surface area contributed by atoms with E-state index in [1.54, 1.807) is 29.2 Å². The monoisotopic (exact) mass is 749 g/mol. The molecule has 2 amide bonds. The van der Waals surface area contributed by atoms with Gasteiger partial charge in [0.1, 0.15) is 6.10 Å². The largest absolute Gasteiger partial charge is 0.445 e. The van der Waals surface area contributed by atoms with Gasteiger partial charge in [-0.15, -0.1) is 0 Å². The Hall–Kier alpha value is -5.61. The third-order valence-electron chi connectivity index (χ3n) is 10.5. The number of hydrogen-bond acceptors (Lipinski definition) is 7. The van der Waals surface area contributed by atoms with Crippen molar-refractivity contribution in [2.75, 3.05) is 57.3 Å². The maximum Gasteiger partial charge on any atom is 0.419 e. The minimum atomic E-state index is -0.405. The zero-order chi connectivity index (χ0) is 38.5. The number of ether oxygens (including phenoxy) is 1. The fourth-order valence-corrected chi connectivity index (χ4v) is 7.20. The molecule has 0 atom stereocenters. The Bertz CT molecular complexity index is 1980. The lowest BCUT2D eigenvalue weighted by molar-refractivity contribution is 0.0566. The number of hydrogen-bond donors (Lipinski definition) is 3. The van der Waals surface area contributed by atoms with E-state index in [-0.39, 0.29) is 24.3 Å². The van der Waals surface area contributed by atoms with Gasteiger partial charge in [-0.05, 0) is 73.5 Å². The van der Waals surface area contributed by atoms with Crippen molar-refractivity contribution in [1.82, 2.24) is 20.9 Å². The Morgan fingerprint density at radius 1 is 0.625 bits per heavy atom. The third kappa shape index (κ3) is 10.4. The number of carbonyl (C=O) groups excluding carboxylic acids is 3. The highest BCUT2D eigenvalue weighted by atomic mass is 16.6. The number of carbonyl (C=O) groups is 3. The summed E-state index contributed by atoms with van der Waals surface area (Å²) in [5.74, 6) is 0.578. The Labute approximate surface area is 330 Å². The van der Waals surface area contributed by atoms with E-state index in [1.165, 1.54) is 12.8 Å². The molecule has 1 heterocycles. The van der Waals surface area contributed by atoms with Crippen molar-refractivity contribution < 1.29 is 19.1 Å². The first-order valence-corrected chi connectivity index (χ1v) is 19.9. The van der Waals surface area contributed by atoms with Gasteiger partial charge in [0, 0.05) is 61.5 Å². The molecular weight excluding hydrogens is 699 g/mol. The van der Waals surface area contributed by atoms with Gasteiger partial charge in [-0.3, -0.25) is 9.59 Å². The Morgan fingerprint density at radius 2 is 1.21 bits per heavy atom. The number of para-hydroxylation sites is 2. The molecule has 0 bridgehead atoms. The number of likely N-dealkylation sites (tertiary alicyclic amines) is 1. The summed E-state index contributed by atoms with van der Waals surface area (Å²) >= 11 is 0. The van der Waals surface area contributed by atoms with Crippen LogP contribution in [0, 0.1) is 5.92 Å². The summed E-state index contributed by atoms with van der Waals surface area (Å²) in [7, 11) is 0. The summed E-state index contributed by atoms with van der Waals surface area (Å²) < 4.78 is 6.34. The van der Waals surface area contributed by atoms with Crippen molar-refractivity contribution in [3.63, 3.8) is 0 Å². The van der Waals surface area contributed by atoms with E-state index in [9.17, 15) is 14.4 Å². The summed E-state index contributed by atoms with van der Waals surface area (Å²) in [6.07, 6.45) is 3.39. The molecule has 2 fully saturated rings. The van der Waals surface area contributed by atoms with E-state index in [2.05, 4.69) is 45.1 Å². The molecule has 1 saturated heterocycles. The van der Waals surface area contributed by atoms with Crippen LogP contribution in [0.1, 0.15) is 46.4 Å². The molecule has 56 heavy (non-hydrogen) atoms. The van der Waals surface area contributed by atoms with E-state index in [1.807, 2.05) is 84.9 Å². The van der Waals surface area contributed by atoms with Gasteiger partial charge in [-0.1, -0.05) is 109 Å². The molecule has 7 rings (SSSR count). The van der Waals surface area contributed by atoms with Crippen molar-refractivity contribution in [2.24, 2.45) is 5.92 Å². The predicted molar refractivity (Wildman–Crippen MR) is 223 cm³/mol.